The van der Waals surface area contributed by atoms with Crippen molar-refractivity contribution < 1.29 is 14.3 Å². The van der Waals surface area contributed by atoms with E-state index in [0.29, 0.717) is 29.2 Å². The van der Waals surface area contributed by atoms with E-state index >= 15 is 0 Å². The lowest BCUT2D eigenvalue weighted by Crippen LogP contribution is -2.33. The number of carbonyl (C=O) groups is 1. The predicted octanol–water partition coefficient (Wildman–Crippen LogP) is 1.52. The zero-order valence-electron chi connectivity index (χ0n) is 16.8. The fraction of sp³-hybridized carbons (Fsp3) is 0.500. The van der Waals surface area contributed by atoms with E-state index in [1.54, 1.807) is 0 Å². The van der Waals surface area contributed by atoms with Gasteiger partial charge < -0.3 is 24.6 Å². The number of carbonyl (C=O) groups excluding carboxylic acids is 1. The Morgan fingerprint density at radius 2 is 1.90 bits per heavy atom. The SMILES string of the molecule is CN(C)c1nc(CNC(=O)Cc2ccc3c(c2)OCO3)nc(N2CCCCC2)n1. The zero-order chi connectivity index (χ0) is 20.2. The molecule has 154 valence electrons. The quantitative estimate of drug-likeness (QED) is 0.783. The van der Waals surface area contributed by atoms with Crippen molar-refractivity contribution in [3.05, 3.63) is 29.6 Å². The Bertz CT molecular complexity index is 883. The van der Waals surface area contributed by atoms with Crippen LogP contribution in [-0.4, -0.2) is 54.8 Å². The molecule has 0 saturated carbocycles. The summed E-state index contributed by atoms with van der Waals surface area (Å²) in [5.74, 6) is 3.12. The van der Waals surface area contributed by atoms with E-state index in [4.69, 9.17) is 9.47 Å². The maximum absolute atomic E-state index is 12.4. The average molecular weight is 398 g/mol. The number of piperidine rings is 1. The number of hydrogen-bond donors (Lipinski definition) is 1. The Labute approximate surface area is 170 Å². The molecule has 0 unspecified atom stereocenters. The van der Waals surface area contributed by atoms with Crippen LogP contribution in [0.4, 0.5) is 11.9 Å². The third kappa shape index (κ3) is 4.67. The topological polar surface area (TPSA) is 92.7 Å². The average Bonchev–Trinajstić information content (AvgIpc) is 3.20. The summed E-state index contributed by atoms with van der Waals surface area (Å²) < 4.78 is 10.7. The van der Waals surface area contributed by atoms with Crippen LogP contribution in [0.15, 0.2) is 18.2 Å². The monoisotopic (exact) mass is 398 g/mol. The van der Waals surface area contributed by atoms with Crippen LogP contribution in [0.5, 0.6) is 11.5 Å². The first-order chi connectivity index (χ1) is 14.1. The van der Waals surface area contributed by atoms with Crippen LogP contribution in [0.1, 0.15) is 30.7 Å². The fourth-order valence-corrected chi connectivity index (χ4v) is 3.39. The van der Waals surface area contributed by atoms with Crippen LogP contribution in [0.3, 0.4) is 0 Å². The predicted molar refractivity (Wildman–Crippen MR) is 108 cm³/mol. The molecule has 0 radical (unpaired) electrons. The number of rotatable bonds is 6. The molecule has 1 aromatic carbocycles. The minimum Gasteiger partial charge on any atom is -0.454 e. The first kappa shape index (κ1) is 19.2. The number of amides is 1. The van der Waals surface area contributed by atoms with Crippen LogP contribution < -0.4 is 24.6 Å². The molecule has 2 aliphatic rings. The smallest absolute Gasteiger partial charge is 0.231 e. The van der Waals surface area contributed by atoms with Gasteiger partial charge in [-0.05, 0) is 37.0 Å². The van der Waals surface area contributed by atoms with Gasteiger partial charge in [0.05, 0.1) is 13.0 Å². The van der Waals surface area contributed by atoms with Gasteiger partial charge in [-0.25, -0.2) is 0 Å². The Morgan fingerprint density at radius 1 is 1.10 bits per heavy atom. The van der Waals surface area contributed by atoms with Gasteiger partial charge >= 0.3 is 0 Å². The van der Waals surface area contributed by atoms with Crippen molar-refractivity contribution >= 4 is 17.8 Å². The maximum atomic E-state index is 12.4. The Kier molecular flexibility index (Phi) is 5.64. The van der Waals surface area contributed by atoms with E-state index in [0.717, 1.165) is 31.5 Å². The fourth-order valence-electron chi connectivity index (χ4n) is 3.39. The van der Waals surface area contributed by atoms with Gasteiger partial charge in [-0.1, -0.05) is 6.07 Å². The van der Waals surface area contributed by atoms with E-state index in [1.807, 2.05) is 37.2 Å². The van der Waals surface area contributed by atoms with Gasteiger partial charge in [0.2, 0.25) is 24.6 Å². The number of benzene rings is 1. The summed E-state index contributed by atoms with van der Waals surface area (Å²) in [5, 5.41) is 2.91. The standard InChI is InChI=1S/C20H26N6O3/c1-25(2)19-22-17(23-20(24-19)26-8-4-3-5-9-26)12-21-18(27)11-14-6-7-15-16(10-14)29-13-28-15/h6-7,10H,3-5,8-9,11-13H2,1-2H3,(H,21,27). The number of nitrogens with one attached hydrogen (secondary N) is 1. The van der Waals surface area contributed by atoms with Gasteiger partial charge in [0, 0.05) is 27.2 Å². The first-order valence-corrected chi connectivity index (χ1v) is 9.91. The number of anilines is 2. The molecule has 1 aromatic heterocycles. The lowest BCUT2D eigenvalue weighted by atomic mass is 10.1. The van der Waals surface area contributed by atoms with Crippen molar-refractivity contribution in [1.82, 2.24) is 20.3 Å². The Hall–Kier alpha value is -3.10. The molecule has 29 heavy (non-hydrogen) atoms. The van der Waals surface area contributed by atoms with E-state index in [9.17, 15) is 4.79 Å². The summed E-state index contributed by atoms with van der Waals surface area (Å²) in [6, 6.07) is 5.53. The van der Waals surface area contributed by atoms with Gasteiger partial charge in [-0.3, -0.25) is 4.79 Å². The minimum atomic E-state index is -0.102. The summed E-state index contributed by atoms with van der Waals surface area (Å²) >= 11 is 0. The molecule has 0 atom stereocenters. The van der Waals surface area contributed by atoms with Crippen LogP contribution in [-0.2, 0) is 17.8 Å². The highest BCUT2D eigenvalue weighted by Gasteiger charge is 2.18. The van der Waals surface area contributed by atoms with Gasteiger partial charge in [-0.15, -0.1) is 0 Å². The molecule has 1 fully saturated rings. The third-order valence-corrected chi connectivity index (χ3v) is 4.94. The highest BCUT2D eigenvalue weighted by atomic mass is 16.7. The van der Waals surface area contributed by atoms with E-state index in [2.05, 4.69) is 25.2 Å². The van der Waals surface area contributed by atoms with E-state index < -0.39 is 0 Å². The van der Waals surface area contributed by atoms with Gasteiger partial charge in [0.15, 0.2) is 17.3 Å². The first-order valence-electron chi connectivity index (χ1n) is 9.91. The molecule has 1 saturated heterocycles. The van der Waals surface area contributed by atoms with Crippen molar-refractivity contribution in [3.8, 4) is 11.5 Å². The molecule has 3 heterocycles. The van der Waals surface area contributed by atoms with E-state index in [1.165, 1.54) is 6.42 Å². The van der Waals surface area contributed by atoms with Gasteiger partial charge in [0.1, 0.15) is 0 Å². The molecular weight excluding hydrogens is 372 g/mol. The van der Waals surface area contributed by atoms with Crippen LogP contribution in [0.25, 0.3) is 0 Å². The molecule has 2 aliphatic heterocycles. The summed E-state index contributed by atoms with van der Waals surface area (Å²) in [5.41, 5.74) is 0.866. The lowest BCUT2D eigenvalue weighted by molar-refractivity contribution is -0.120. The number of hydrogen-bond acceptors (Lipinski definition) is 8. The maximum Gasteiger partial charge on any atom is 0.231 e. The molecule has 0 bridgehead atoms. The highest BCUT2D eigenvalue weighted by molar-refractivity contribution is 5.78. The molecule has 0 aliphatic carbocycles. The van der Waals surface area contributed by atoms with Crippen molar-refractivity contribution in [3.63, 3.8) is 0 Å². The molecule has 9 heteroatoms. The lowest BCUT2D eigenvalue weighted by Gasteiger charge is -2.27. The van der Waals surface area contributed by atoms with Crippen LogP contribution >= 0.6 is 0 Å². The van der Waals surface area contributed by atoms with Crippen LogP contribution in [0.2, 0.25) is 0 Å². The number of ether oxygens (including phenoxy) is 2. The van der Waals surface area contributed by atoms with Crippen molar-refractivity contribution in [2.45, 2.75) is 32.2 Å². The second kappa shape index (κ2) is 8.50. The molecule has 1 amide bonds. The normalized spacial score (nSPS) is 15.3. The number of nitrogens with zero attached hydrogens (tertiary/aromatic N) is 5. The molecule has 9 nitrogen and oxygen atoms in total. The molecule has 4 rings (SSSR count). The van der Waals surface area contributed by atoms with Crippen molar-refractivity contribution in [2.24, 2.45) is 0 Å². The molecule has 2 aromatic rings. The van der Waals surface area contributed by atoms with E-state index in [-0.39, 0.29) is 25.7 Å². The number of aromatic nitrogens is 3. The summed E-state index contributed by atoms with van der Waals surface area (Å²) in [6.07, 6.45) is 3.78. The number of fused-ring (bicyclic) bond motifs is 1. The Balaban J connectivity index is 1.41. The molecular formula is C20H26N6O3. The largest absolute Gasteiger partial charge is 0.454 e. The summed E-state index contributed by atoms with van der Waals surface area (Å²) in [4.78, 5) is 30.1. The van der Waals surface area contributed by atoms with Crippen molar-refractivity contribution in [1.29, 1.82) is 0 Å². The highest BCUT2D eigenvalue weighted by Crippen LogP contribution is 2.32. The minimum absolute atomic E-state index is 0.102. The van der Waals surface area contributed by atoms with Crippen molar-refractivity contribution in [2.75, 3.05) is 43.8 Å². The zero-order valence-corrected chi connectivity index (χ0v) is 16.8. The second-order valence-corrected chi connectivity index (χ2v) is 7.43. The third-order valence-electron chi connectivity index (χ3n) is 4.94. The van der Waals surface area contributed by atoms with Gasteiger partial charge in [-0.2, -0.15) is 15.0 Å². The van der Waals surface area contributed by atoms with Crippen LogP contribution in [0, 0.1) is 0 Å². The summed E-state index contributed by atoms with van der Waals surface area (Å²) in [6.45, 7) is 2.38. The van der Waals surface area contributed by atoms with Gasteiger partial charge in [0.25, 0.3) is 0 Å². The second-order valence-electron chi connectivity index (χ2n) is 7.43. The molecule has 0 spiro atoms. The molecule has 1 N–H and O–H groups in total. The Morgan fingerprint density at radius 3 is 2.69 bits per heavy atom. The summed E-state index contributed by atoms with van der Waals surface area (Å²) in [7, 11) is 3.80.